The second kappa shape index (κ2) is 5.90. The molecule has 0 aliphatic carbocycles. The number of urea groups is 1. The normalized spacial score (nSPS) is 10.0. The van der Waals surface area contributed by atoms with Crippen molar-refractivity contribution in [3.63, 3.8) is 0 Å². The van der Waals surface area contributed by atoms with E-state index in [0.29, 0.717) is 17.3 Å². The van der Waals surface area contributed by atoms with Gasteiger partial charge in [-0.05, 0) is 19.1 Å². The van der Waals surface area contributed by atoms with Crippen LogP contribution < -0.4 is 15.4 Å². The third-order valence-corrected chi connectivity index (χ3v) is 2.53. The summed E-state index contributed by atoms with van der Waals surface area (Å²) in [4.78, 5) is 11.8. The summed E-state index contributed by atoms with van der Waals surface area (Å²) in [6, 6.07) is 8.55. The fourth-order valence-electron chi connectivity index (χ4n) is 1.58. The third-order valence-electron chi connectivity index (χ3n) is 2.53. The predicted octanol–water partition coefficient (Wildman–Crippen LogP) is 2.56. The maximum atomic E-state index is 11.8. The first-order valence-corrected chi connectivity index (χ1v) is 5.97. The molecule has 6 nitrogen and oxygen atoms in total. The van der Waals surface area contributed by atoms with Gasteiger partial charge in [0.25, 0.3) is 0 Å². The Morgan fingerprint density at radius 3 is 2.89 bits per heavy atom. The van der Waals surface area contributed by atoms with E-state index in [1.807, 2.05) is 13.0 Å². The molecule has 1 heterocycles. The number of anilines is 2. The van der Waals surface area contributed by atoms with Crippen LogP contribution in [0.3, 0.4) is 0 Å². The second-order valence-corrected chi connectivity index (χ2v) is 3.87. The summed E-state index contributed by atoms with van der Waals surface area (Å²) in [5, 5.41) is 9.54. The Balaban J connectivity index is 1.96. The molecule has 1 aromatic carbocycles. The highest BCUT2D eigenvalue weighted by molar-refractivity contribution is 5.99. The van der Waals surface area contributed by atoms with Gasteiger partial charge in [-0.25, -0.2) is 4.79 Å². The van der Waals surface area contributed by atoms with Gasteiger partial charge in [-0.2, -0.15) is 5.10 Å². The van der Waals surface area contributed by atoms with Gasteiger partial charge in [0.1, 0.15) is 5.75 Å². The molecular formula is C13H16N4O2. The fourth-order valence-corrected chi connectivity index (χ4v) is 1.58. The molecule has 2 rings (SSSR count). The number of amides is 2. The third kappa shape index (κ3) is 3.48. The van der Waals surface area contributed by atoms with Gasteiger partial charge < -0.3 is 10.1 Å². The molecule has 0 unspecified atom stereocenters. The largest absolute Gasteiger partial charge is 0.497 e. The summed E-state index contributed by atoms with van der Waals surface area (Å²) in [5.74, 6) is 1.20. The number of aryl methyl sites for hydroxylation is 1. The lowest BCUT2D eigenvalue weighted by molar-refractivity contribution is 0.262. The van der Waals surface area contributed by atoms with Crippen molar-refractivity contribution in [1.82, 2.24) is 9.78 Å². The molecule has 2 aromatic rings. The van der Waals surface area contributed by atoms with Crippen molar-refractivity contribution in [1.29, 1.82) is 0 Å². The molecule has 0 aliphatic heterocycles. The van der Waals surface area contributed by atoms with Crippen molar-refractivity contribution in [3.05, 3.63) is 36.5 Å². The summed E-state index contributed by atoms with van der Waals surface area (Å²) in [6.45, 7) is 2.74. The number of nitrogens with zero attached hydrogens (tertiary/aromatic N) is 2. The van der Waals surface area contributed by atoms with E-state index in [9.17, 15) is 4.79 Å². The van der Waals surface area contributed by atoms with E-state index in [1.165, 1.54) is 0 Å². The zero-order valence-corrected chi connectivity index (χ0v) is 10.9. The monoisotopic (exact) mass is 260 g/mol. The SMILES string of the molecule is CCn1ccc(NC(=O)Nc2cccc(OC)c2)n1. The van der Waals surface area contributed by atoms with Crippen LogP contribution in [0.1, 0.15) is 6.92 Å². The molecule has 0 saturated carbocycles. The van der Waals surface area contributed by atoms with Gasteiger partial charge in [-0.3, -0.25) is 10.00 Å². The van der Waals surface area contributed by atoms with E-state index in [4.69, 9.17) is 4.74 Å². The van der Waals surface area contributed by atoms with Crippen molar-refractivity contribution >= 4 is 17.5 Å². The minimum Gasteiger partial charge on any atom is -0.497 e. The first-order valence-electron chi connectivity index (χ1n) is 5.97. The molecule has 1 aromatic heterocycles. The highest BCUT2D eigenvalue weighted by Crippen LogP contribution is 2.16. The molecule has 0 aliphatic rings. The minimum atomic E-state index is -0.338. The maximum absolute atomic E-state index is 11.8. The Labute approximate surface area is 111 Å². The lowest BCUT2D eigenvalue weighted by Gasteiger charge is -2.07. The number of carbonyl (C=O) groups excluding carboxylic acids is 1. The summed E-state index contributed by atoms with van der Waals surface area (Å²) in [6.07, 6.45) is 1.81. The summed E-state index contributed by atoms with van der Waals surface area (Å²) < 4.78 is 6.82. The van der Waals surface area contributed by atoms with Gasteiger partial charge in [0, 0.05) is 30.6 Å². The number of hydrogen-bond acceptors (Lipinski definition) is 3. The van der Waals surface area contributed by atoms with E-state index in [0.717, 1.165) is 6.54 Å². The van der Waals surface area contributed by atoms with Crippen LogP contribution in [-0.2, 0) is 6.54 Å². The quantitative estimate of drug-likeness (QED) is 0.887. The molecular weight excluding hydrogens is 244 g/mol. The zero-order chi connectivity index (χ0) is 13.7. The Kier molecular flexibility index (Phi) is 4.02. The topological polar surface area (TPSA) is 68.2 Å². The van der Waals surface area contributed by atoms with Gasteiger partial charge in [0.15, 0.2) is 5.82 Å². The molecule has 19 heavy (non-hydrogen) atoms. The number of benzene rings is 1. The van der Waals surface area contributed by atoms with Crippen LogP contribution in [0.4, 0.5) is 16.3 Å². The standard InChI is InChI=1S/C13H16N4O2/c1-3-17-8-7-12(16-17)15-13(18)14-10-5-4-6-11(9-10)19-2/h4-9H,3H2,1-2H3,(H2,14,15,16,18). The number of carbonyl (C=O) groups is 1. The molecule has 0 fully saturated rings. The maximum Gasteiger partial charge on any atom is 0.324 e. The Morgan fingerprint density at radius 1 is 1.37 bits per heavy atom. The Morgan fingerprint density at radius 2 is 2.21 bits per heavy atom. The van der Waals surface area contributed by atoms with E-state index in [1.54, 1.807) is 42.3 Å². The van der Waals surface area contributed by atoms with Gasteiger partial charge in [-0.15, -0.1) is 0 Å². The van der Waals surface area contributed by atoms with Crippen LogP contribution in [0, 0.1) is 0 Å². The molecule has 2 amide bonds. The van der Waals surface area contributed by atoms with Gasteiger partial charge >= 0.3 is 6.03 Å². The number of hydrogen-bond donors (Lipinski definition) is 2. The minimum absolute atomic E-state index is 0.338. The van der Waals surface area contributed by atoms with Crippen molar-refractivity contribution in [2.75, 3.05) is 17.7 Å². The number of methoxy groups -OCH3 is 1. The van der Waals surface area contributed by atoms with Crippen LogP contribution in [-0.4, -0.2) is 22.9 Å². The van der Waals surface area contributed by atoms with Crippen molar-refractivity contribution in [2.45, 2.75) is 13.5 Å². The molecule has 0 atom stereocenters. The average Bonchev–Trinajstić information content (AvgIpc) is 2.86. The van der Waals surface area contributed by atoms with Crippen LogP contribution in [0.5, 0.6) is 5.75 Å². The zero-order valence-electron chi connectivity index (χ0n) is 10.9. The number of ether oxygens (including phenoxy) is 1. The molecule has 6 heteroatoms. The van der Waals surface area contributed by atoms with Crippen LogP contribution in [0.15, 0.2) is 36.5 Å². The van der Waals surface area contributed by atoms with Crippen LogP contribution in [0.25, 0.3) is 0 Å². The number of rotatable bonds is 4. The van der Waals surface area contributed by atoms with E-state index in [-0.39, 0.29) is 6.03 Å². The lowest BCUT2D eigenvalue weighted by atomic mass is 10.3. The van der Waals surface area contributed by atoms with Gasteiger partial charge in [0.2, 0.25) is 0 Å². The fraction of sp³-hybridized carbons (Fsp3) is 0.231. The molecule has 0 radical (unpaired) electrons. The number of nitrogens with one attached hydrogen (secondary N) is 2. The smallest absolute Gasteiger partial charge is 0.324 e. The molecule has 0 saturated heterocycles. The summed E-state index contributed by atoms with van der Waals surface area (Å²) in [5.41, 5.74) is 0.659. The molecule has 0 bridgehead atoms. The van der Waals surface area contributed by atoms with E-state index < -0.39 is 0 Å². The number of aromatic nitrogens is 2. The second-order valence-electron chi connectivity index (χ2n) is 3.87. The van der Waals surface area contributed by atoms with Crippen LogP contribution >= 0.6 is 0 Å². The van der Waals surface area contributed by atoms with Crippen molar-refractivity contribution in [2.24, 2.45) is 0 Å². The lowest BCUT2D eigenvalue weighted by Crippen LogP contribution is -2.19. The first kappa shape index (κ1) is 12.9. The van der Waals surface area contributed by atoms with Gasteiger partial charge in [0.05, 0.1) is 7.11 Å². The Hall–Kier alpha value is -2.50. The van der Waals surface area contributed by atoms with Gasteiger partial charge in [-0.1, -0.05) is 6.07 Å². The molecule has 0 spiro atoms. The summed E-state index contributed by atoms with van der Waals surface area (Å²) >= 11 is 0. The average molecular weight is 260 g/mol. The van der Waals surface area contributed by atoms with Crippen molar-refractivity contribution in [3.8, 4) is 5.75 Å². The van der Waals surface area contributed by atoms with E-state index >= 15 is 0 Å². The summed E-state index contributed by atoms with van der Waals surface area (Å²) in [7, 11) is 1.58. The predicted molar refractivity (Wildman–Crippen MR) is 73.5 cm³/mol. The highest BCUT2D eigenvalue weighted by Gasteiger charge is 2.05. The molecule has 100 valence electrons. The van der Waals surface area contributed by atoms with E-state index in [2.05, 4.69) is 15.7 Å². The van der Waals surface area contributed by atoms with Crippen LogP contribution in [0.2, 0.25) is 0 Å². The Bertz CT molecular complexity index is 565. The van der Waals surface area contributed by atoms with Crippen molar-refractivity contribution < 1.29 is 9.53 Å². The highest BCUT2D eigenvalue weighted by atomic mass is 16.5. The molecule has 2 N–H and O–H groups in total. The first-order chi connectivity index (χ1) is 9.21.